The molecule has 0 aromatic heterocycles. The average molecular weight is 486 g/mol. The third kappa shape index (κ3) is 9.40. The zero-order chi connectivity index (χ0) is 24.8. The molecule has 0 aliphatic rings. The minimum atomic E-state index is -1.78. The van der Waals surface area contributed by atoms with Gasteiger partial charge in [-0.15, -0.1) is 0 Å². The zero-order valence-corrected chi connectivity index (χ0v) is 24.7. The van der Waals surface area contributed by atoms with Gasteiger partial charge in [-0.1, -0.05) is 42.5 Å². The van der Waals surface area contributed by atoms with Crippen LogP contribution in [0.2, 0.25) is 39.3 Å². The Morgan fingerprint density at radius 3 is 1.91 bits per heavy atom. The Kier molecular flexibility index (Phi) is 9.98. The predicted molar refractivity (Wildman–Crippen MR) is 148 cm³/mol. The fraction of sp³-hybridized carbons (Fsp3) is 0.571. The van der Waals surface area contributed by atoms with Crippen LogP contribution in [0, 0.1) is 0 Å². The molecule has 1 atom stereocenters. The largest absolute Gasteiger partial charge is 0.544 e. The molecule has 1 unspecified atom stereocenters. The van der Waals surface area contributed by atoms with Crippen LogP contribution in [0.3, 0.4) is 0 Å². The fourth-order valence-corrected chi connectivity index (χ4v) is 5.69. The van der Waals surface area contributed by atoms with Crippen molar-refractivity contribution in [2.45, 2.75) is 98.0 Å². The van der Waals surface area contributed by atoms with Crippen LogP contribution in [0.15, 0.2) is 48.5 Å². The second kappa shape index (κ2) is 11.8. The van der Waals surface area contributed by atoms with Crippen LogP contribution in [0.5, 0.6) is 5.75 Å². The Hall–Kier alpha value is -1.41. The summed E-state index contributed by atoms with van der Waals surface area (Å²) in [5.41, 5.74) is 3.86. The van der Waals surface area contributed by atoms with Gasteiger partial charge in [-0.3, -0.25) is 4.90 Å². The van der Waals surface area contributed by atoms with Gasteiger partial charge in [-0.2, -0.15) is 0 Å². The van der Waals surface area contributed by atoms with Crippen LogP contribution in [-0.2, 0) is 11.0 Å². The topological polar surface area (TPSA) is 21.7 Å². The zero-order valence-electron chi connectivity index (χ0n) is 22.7. The molecule has 0 heterocycles. The summed E-state index contributed by atoms with van der Waals surface area (Å²) in [5, 5.41) is 0. The molecule has 33 heavy (non-hydrogen) atoms. The lowest BCUT2D eigenvalue weighted by atomic mass is 9.87. The molecule has 0 radical (unpaired) electrons. The van der Waals surface area contributed by atoms with E-state index in [9.17, 15) is 0 Å². The first-order valence-corrected chi connectivity index (χ1v) is 19.3. The van der Waals surface area contributed by atoms with Crippen LogP contribution in [0.1, 0.15) is 56.7 Å². The molecule has 0 saturated carbocycles. The molecule has 0 amide bonds. The fourth-order valence-electron chi connectivity index (χ4n) is 4.25. The van der Waals surface area contributed by atoms with Crippen LogP contribution < -0.4 is 4.43 Å². The number of nitrogens with zero attached hydrogens (tertiary/aromatic N) is 1. The minimum Gasteiger partial charge on any atom is -0.544 e. The maximum absolute atomic E-state index is 6.69. The summed E-state index contributed by atoms with van der Waals surface area (Å²) in [7, 11) is -3.36. The van der Waals surface area contributed by atoms with E-state index < -0.39 is 16.6 Å². The molecule has 2 aromatic rings. The van der Waals surface area contributed by atoms with Crippen molar-refractivity contribution in [3.63, 3.8) is 0 Å². The number of hydrogen-bond donors (Lipinski definition) is 0. The first-order valence-electron chi connectivity index (χ1n) is 12.5. The highest BCUT2D eigenvalue weighted by atomic mass is 28.4. The maximum atomic E-state index is 6.69. The van der Waals surface area contributed by atoms with Crippen molar-refractivity contribution in [2.24, 2.45) is 0 Å². The van der Waals surface area contributed by atoms with Gasteiger partial charge in [0, 0.05) is 23.6 Å². The first-order chi connectivity index (χ1) is 15.3. The van der Waals surface area contributed by atoms with Crippen molar-refractivity contribution in [3.05, 3.63) is 65.2 Å². The van der Waals surface area contributed by atoms with Crippen molar-refractivity contribution in [3.8, 4) is 5.75 Å². The van der Waals surface area contributed by atoms with Crippen LogP contribution in [0.25, 0.3) is 0 Å². The summed E-state index contributed by atoms with van der Waals surface area (Å²) in [6, 6.07) is 18.8. The van der Waals surface area contributed by atoms with Gasteiger partial charge in [0.2, 0.25) is 8.32 Å². The SMILES string of the molecule is CC(C)N(CCC(c1ccccc1)c1ccc(CO[Si](C)(C)C)cc1O[Si](C)(C)C)C(C)C. The molecule has 184 valence electrons. The molecule has 5 heteroatoms. The molecular formula is C28H47NO2Si2. The number of hydrogen-bond acceptors (Lipinski definition) is 3. The molecule has 0 spiro atoms. The summed E-state index contributed by atoms with van der Waals surface area (Å²) in [5.74, 6) is 1.34. The third-order valence-corrected chi connectivity index (χ3v) is 7.59. The van der Waals surface area contributed by atoms with Crippen molar-refractivity contribution in [1.29, 1.82) is 0 Å². The first kappa shape index (κ1) is 27.8. The van der Waals surface area contributed by atoms with Crippen LogP contribution in [0.4, 0.5) is 0 Å². The lowest BCUT2D eigenvalue weighted by molar-refractivity contribution is 0.170. The Morgan fingerprint density at radius 1 is 0.788 bits per heavy atom. The van der Waals surface area contributed by atoms with Gasteiger partial charge in [-0.05, 0) is 97.1 Å². The van der Waals surface area contributed by atoms with Gasteiger partial charge < -0.3 is 8.85 Å². The quantitative estimate of drug-likeness (QED) is 0.285. The van der Waals surface area contributed by atoms with E-state index in [2.05, 4.69) is 120 Å². The second-order valence-corrected chi connectivity index (χ2v) is 20.6. The highest BCUT2D eigenvalue weighted by Gasteiger charge is 2.25. The van der Waals surface area contributed by atoms with E-state index >= 15 is 0 Å². The van der Waals surface area contributed by atoms with E-state index in [0.717, 1.165) is 18.7 Å². The molecular weight excluding hydrogens is 438 g/mol. The molecule has 3 nitrogen and oxygen atoms in total. The third-order valence-electron chi connectivity index (χ3n) is 5.75. The highest BCUT2D eigenvalue weighted by Crippen LogP contribution is 2.37. The van der Waals surface area contributed by atoms with Crippen molar-refractivity contribution < 1.29 is 8.85 Å². The Bertz CT molecular complexity index is 846. The molecule has 0 aliphatic carbocycles. The minimum absolute atomic E-state index is 0.296. The predicted octanol–water partition coefficient (Wildman–Crippen LogP) is 7.89. The Labute approximate surface area is 205 Å². The van der Waals surface area contributed by atoms with Gasteiger partial charge in [0.05, 0.1) is 6.61 Å². The summed E-state index contributed by atoms with van der Waals surface area (Å²) >= 11 is 0. The van der Waals surface area contributed by atoms with Crippen molar-refractivity contribution in [2.75, 3.05) is 6.54 Å². The lowest BCUT2D eigenvalue weighted by Crippen LogP contribution is -2.38. The molecule has 0 bridgehead atoms. The van der Waals surface area contributed by atoms with E-state index in [1.807, 2.05) is 0 Å². The normalized spacial score (nSPS) is 13.7. The smallest absolute Gasteiger partial charge is 0.242 e. The second-order valence-electron chi connectivity index (χ2n) is 11.7. The van der Waals surface area contributed by atoms with Gasteiger partial charge >= 0.3 is 0 Å². The van der Waals surface area contributed by atoms with Crippen LogP contribution >= 0.6 is 0 Å². The molecule has 0 saturated heterocycles. The van der Waals surface area contributed by atoms with E-state index in [1.165, 1.54) is 16.7 Å². The summed E-state index contributed by atoms with van der Waals surface area (Å²) in [4.78, 5) is 2.59. The van der Waals surface area contributed by atoms with Gasteiger partial charge in [0.1, 0.15) is 5.75 Å². The molecule has 0 N–H and O–H groups in total. The average Bonchev–Trinajstić information content (AvgIpc) is 2.69. The van der Waals surface area contributed by atoms with Gasteiger partial charge in [0.15, 0.2) is 8.32 Å². The maximum Gasteiger partial charge on any atom is 0.242 e. The Morgan fingerprint density at radius 2 is 1.39 bits per heavy atom. The summed E-state index contributed by atoms with van der Waals surface area (Å²) in [6.07, 6.45) is 1.06. The van der Waals surface area contributed by atoms with E-state index in [-0.39, 0.29) is 0 Å². The molecule has 0 aliphatic heterocycles. The molecule has 2 rings (SSSR count). The molecule has 2 aromatic carbocycles. The Balaban J connectivity index is 2.46. The monoisotopic (exact) mass is 485 g/mol. The molecule has 0 fully saturated rings. The van der Waals surface area contributed by atoms with Gasteiger partial charge in [-0.25, -0.2) is 0 Å². The summed E-state index contributed by atoms with van der Waals surface area (Å²) in [6.45, 7) is 24.4. The number of benzene rings is 2. The highest BCUT2D eigenvalue weighted by molar-refractivity contribution is 6.70. The van der Waals surface area contributed by atoms with Gasteiger partial charge in [0.25, 0.3) is 0 Å². The van der Waals surface area contributed by atoms with E-state index in [4.69, 9.17) is 8.85 Å². The van der Waals surface area contributed by atoms with Crippen molar-refractivity contribution in [1.82, 2.24) is 4.90 Å². The standard InChI is InChI=1S/C28H47NO2Si2/c1-22(2)29(23(3)4)19-18-26(25-14-12-11-13-15-25)27-17-16-24(21-30-32(5,6)7)20-28(27)31-33(8,9)10/h11-17,20,22-23,26H,18-19,21H2,1-10H3. The van der Waals surface area contributed by atoms with Crippen molar-refractivity contribution >= 4 is 16.6 Å². The van der Waals surface area contributed by atoms with Crippen LogP contribution in [-0.4, -0.2) is 40.2 Å². The lowest BCUT2D eigenvalue weighted by Gasteiger charge is -2.33. The van der Waals surface area contributed by atoms with E-state index in [1.54, 1.807) is 0 Å². The number of rotatable bonds is 12. The summed E-state index contributed by atoms with van der Waals surface area (Å²) < 4.78 is 12.9. The van der Waals surface area contributed by atoms with E-state index in [0.29, 0.717) is 24.6 Å².